The zero-order chi connectivity index (χ0) is 19.2. The summed E-state index contributed by atoms with van der Waals surface area (Å²) in [5.41, 5.74) is 8.74. The highest BCUT2D eigenvalue weighted by Gasteiger charge is 2.26. The molecular weight excluding hydrogens is 344 g/mol. The van der Waals surface area contributed by atoms with Crippen LogP contribution in [0.1, 0.15) is 37.0 Å². The molecule has 3 rings (SSSR count). The van der Waals surface area contributed by atoms with Crippen LogP contribution in [0.15, 0.2) is 24.4 Å². The molecule has 0 unspecified atom stereocenters. The lowest BCUT2D eigenvalue weighted by molar-refractivity contribution is 0.0314. The molecule has 0 saturated carbocycles. The lowest BCUT2D eigenvalue weighted by Crippen LogP contribution is -2.50. The van der Waals surface area contributed by atoms with Crippen LogP contribution >= 0.6 is 0 Å². The minimum absolute atomic E-state index is 0.349. The molecule has 7 nitrogen and oxygen atoms in total. The fourth-order valence-electron chi connectivity index (χ4n) is 3.33. The van der Waals surface area contributed by atoms with Gasteiger partial charge < -0.3 is 20.2 Å². The second kappa shape index (κ2) is 9.01. The summed E-state index contributed by atoms with van der Waals surface area (Å²) < 4.78 is 10.9. The molecule has 1 saturated heterocycles. The van der Waals surface area contributed by atoms with Gasteiger partial charge in [0, 0.05) is 31.2 Å². The van der Waals surface area contributed by atoms with E-state index in [1.807, 2.05) is 25.1 Å². The Morgan fingerprint density at radius 1 is 1.30 bits per heavy atom. The number of ether oxygens (including phenoxy) is 2. The predicted octanol–water partition coefficient (Wildman–Crippen LogP) is 2.85. The monoisotopic (exact) mass is 372 g/mol. The molecule has 1 aliphatic heterocycles. The van der Waals surface area contributed by atoms with Crippen LogP contribution in [0.4, 0.5) is 11.4 Å². The number of pyridine rings is 1. The maximum Gasteiger partial charge on any atom is 0.341 e. The van der Waals surface area contributed by atoms with Gasteiger partial charge in [-0.3, -0.25) is 4.98 Å². The van der Waals surface area contributed by atoms with E-state index in [4.69, 9.17) is 15.2 Å². The van der Waals surface area contributed by atoms with Crippen molar-refractivity contribution in [2.24, 2.45) is 0 Å². The number of hydrazine groups is 1. The number of anilines is 2. The third kappa shape index (κ3) is 4.14. The number of para-hydroxylation sites is 1. The van der Waals surface area contributed by atoms with Crippen LogP contribution < -0.4 is 10.7 Å². The van der Waals surface area contributed by atoms with Gasteiger partial charge in [0.25, 0.3) is 0 Å². The number of aromatic nitrogens is 1. The van der Waals surface area contributed by atoms with E-state index < -0.39 is 0 Å². The number of nitrogen functional groups attached to an aromatic ring is 1. The summed E-state index contributed by atoms with van der Waals surface area (Å²) in [5.74, 6) is -0.349. The molecule has 0 radical (unpaired) electrons. The number of benzene rings is 1. The summed E-state index contributed by atoms with van der Waals surface area (Å²) in [6.45, 7) is 8.15. The number of carbonyl (C=O) groups excluding carboxylic acids is 1. The van der Waals surface area contributed by atoms with Crippen LogP contribution in [0.25, 0.3) is 10.9 Å². The van der Waals surface area contributed by atoms with Crippen molar-refractivity contribution < 1.29 is 14.3 Å². The molecule has 1 aromatic carbocycles. The van der Waals surface area contributed by atoms with Crippen molar-refractivity contribution in [1.82, 2.24) is 9.99 Å². The molecule has 146 valence electrons. The van der Waals surface area contributed by atoms with Gasteiger partial charge in [0.05, 0.1) is 36.7 Å². The fourth-order valence-corrected chi connectivity index (χ4v) is 3.33. The summed E-state index contributed by atoms with van der Waals surface area (Å²) in [5, 5.41) is 5.27. The van der Waals surface area contributed by atoms with Gasteiger partial charge in [-0.15, -0.1) is 0 Å². The van der Waals surface area contributed by atoms with Crippen LogP contribution in [0.3, 0.4) is 0 Å². The largest absolute Gasteiger partial charge is 0.462 e. The number of esters is 1. The molecule has 0 atom stereocenters. The van der Waals surface area contributed by atoms with E-state index in [-0.39, 0.29) is 5.97 Å². The van der Waals surface area contributed by atoms with E-state index in [9.17, 15) is 4.79 Å². The molecule has 0 bridgehead atoms. The number of nitrogens with two attached hydrogens (primary N) is 1. The summed E-state index contributed by atoms with van der Waals surface area (Å²) in [6.07, 6.45) is 3.30. The van der Waals surface area contributed by atoms with Crippen molar-refractivity contribution in [1.29, 1.82) is 0 Å². The van der Waals surface area contributed by atoms with E-state index in [0.29, 0.717) is 36.6 Å². The first kappa shape index (κ1) is 19.4. The Bertz CT molecular complexity index is 790. The molecule has 27 heavy (non-hydrogen) atoms. The maximum absolute atomic E-state index is 12.8. The number of hydrogen-bond donors (Lipinski definition) is 1. The molecule has 2 heterocycles. The van der Waals surface area contributed by atoms with Gasteiger partial charge in [0.1, 0.15) is 5.56 Å². The number of nitrogens with zero attached hydrogens (tertiary/aromatic N) is 3. The Morgan fingerprint density at radius 2 is 2.07 bits per heavy atom. The van der Waals surface area contributed by atoms with E-state index in [0.717, 1.165) is 43.5 Å². The van der Waals surface area contributed by atoms with Gasteiger partial charge in [-0.05, 0) is 18.9 Å². The third-order valence-corrected chi connectivity index (χ3v) is 4.58. The van der Waals surface area contributed by atoms with E-state index in [1.165, 1.54) is 0 Å². The Labute approximate surface area is 160 Å². The van der Waals surface area contributed by atoms with Gasteiger partial charge in [0.2, 0.25) is 0 Å². The Balaban J connectivity index is 2.15. The average Bonchev–Trinajstić information content (AvgIpc) is 2.70. The van der Waals surface area contributed by atoms with Crippen molar-refractivity contribution >= 4 is 28.2 Å². The Morgan fingerprint density at radius 3 is 2.78 bits per heavy atom. The van der Waals surface area contributed by atoms with Crippen LogP contribution in [-0.4, -0.2) is 55.4 Å². The summed E-state index contributed by atoms with van der Waals surface area (Å²) in [4.78, 5) is 17.2. The number of hydrogen-bond acceptors (Lipinski definition) is 7. The van der Waals surface area contributed by atoms with Crippen LogP contribution in [0, 0.1) is 0 Å². The summed E-state index contributed by atoms with van der Waals surface area (Å²) >= 11 is 0. The zero-order valence-electron chi connectivity index (χ0n) is 16.1. The molecule has 7 heteroatoms. The standard InChI is InChI=1S/C20H28N4O3/c1-3-8-24(23-9-12-26-13-10-23)19-15-6-5-7-17(21)18(15)22-14-16(19)20(25)27-11-4-2/h5-7,14H,3-4,8-13,21H2,1-2H3. The summed E-state index contributed by atoms with van der Waals surface area (Å²) in [7, 11) is 0. The second-order valence-corrected chi connectivity index (χ2v) is 6.59. The second-order valence-electron chi connectivity index (χ2n) is 6.59. The highest BCUT2D eigenvalue weighted by Crippen LogP contribution is 2.34. The molecule has 0 aliphatic carbocycles. The fraction of sp³-hybridized carbons (Fsp3) is 0.500. The number of morpholine rings is 1. The smallest absolute Gasteiger partial charge is 0.341 e. The number of fused-ring (bicyclic) bond motifs is 1. The maximum atomic E-state index is 12.8. The van der Waals surface area contributed by atoms with E-state index >= 15 is 0 Å². The number of rotatable bonds is 7. The highest BCUT2D eigenvalue weighted by atomic mass is 16.5. The SMILES string of the molecule is CCCOC(=O)c1cnc2c(N)cccc2c1N(CCC)N1CCOCC1. The first-order chi connectivity index (χ1) is 13.2. The first-order valence-electron chi connectivity index (χ1n) is 9.61. The van der Waals surface area contributed by atoms with Gasteiger partial charge >= 0.3 is 5.97 Å². The van der Waals surface area contributed by atoms with E-state index in [1.54, 1.807) is 6.20 Å². The van der Waals surface area contributed by atoms with Crippen molar-refractivity contribution in [3.63, 3.8) is 0 Å². The lowest BCUT2D eigenvalue weighted by Gasteiger charge is -2.40. The molecule has 1 aliphatic rings. The highest BCUT2D eigenvalue weighted by molar-refractivity contribution is 6.07. The van der Waals surface area contributed by atoms with Crippen molar-refractivity contribution in [3.05, 3.63) is 30.0 Å². The van der Waals surface area contributed by atoms with Crippen LogP contribution in [0.5, 0.6) is 0 Å². The first-order valence-corrected chi connectivity index (χ1v) is 9.61. The van der Waals surface area contributed by atoms with Crippen LogP contribution in [0.2, 0.25) is 0 Å². The molecule has 2 aromatic rings. The van der Waals surface area contributed by atoms with E-state index in [2.05, 4.69) is 21.9 Å². The number of carbonyl (C=O) groups is 1. The van der Waals surface area contributed by atoms with Gasteiger partial charge in [0.15, 0.2) is 0 Å². The third-order valence-electron chi connectivity index (χ3n) is 4.58. The van der Waals surface area contributed by atoms with Crippen molar-refractivity contribution in [2.75, 3.05) is 50.2 Å². The minimum Gasteiger partial charge on any atom is -0.462 e. The van der Waals surface area contributed by atoms with Crippen molar-refractivity contribution in [2.45, 2.75) is 26.7 Å². The van der Waals surface area contributed by atoms with Crippen molar-refractivity contribution in [3.8, 4) is 0 Å². The topological polar surface area (TPSA) is 80.9 Å². The van der Waals surface area contributed by atoms with Gasteiger partial charge in [-0.1, -0.05) is 26.0 Å². The lowest BCUT2D eigenvalue weighted by atomic mass is 10.1. The summed E-state index contributed by atoms with van der Waals surface area (Å²) in [6, 6.07) is 5.69. The average molecular weight is 372 g/mol. The molecule has 2 N–H and O–H groups in total. The normalized spacial score (nSPS) is 15.0. The molecular formula is C20H28N4O3. The minimum atomic E-state index is -0.349. The molecule has 0 spiro atoms. The Kier molecular flexibility index (Phi) is 6.47. The predicted molar refractivity (Wildman–Crippen MR) is 107 cm³/mol. The quantitative estimate of drug-likeness (QED) is 0.591. The molecule has 0 amide bonds. The zero-order valence-corrected chi connectivity index (χ0v) is 16.1. The van der Waals surface area contributed by atoms with Crippen LogP contribution in [-0.2, 0) is 9.47 Å². The molecule has 1 aromatic heterocycles. The van der Waals surface area contributed by atoms with Gasteiger partial charge in [-0.2, -0.15) is 0 Å². The molecule has 1 fully saturated rings. The van der Waals surface area contributed by atoms with Gasteiger partial charge in [-0.25, -0.2) is 9.80 Å². The Hall–Kier alpha value is -2.38.